The van der Waals surface area contributed by atoms with Crippen LogP contribution in [0.4, 0.5) is 0 Å². The average Bonchev–Trinajstić information content (AvgIpc) is 2.53. The summed E-state index contributed by atoms with van der Waals surface area (Å²) in [5.41, 5.74) is 0.811. The van der Waals surface area contributed by atoms with E-state index >= 15 is 0 Å². The Labute approximate surface area is 80.8 Å². The first-order valence-electron chi connectivity index (χ1n) is 3.69. The number of nitriles is 1. The summed E-state index contributed by atoms with van der Waals surface area (Å²) in [5.74, 6) is 5.55. The minimum Gasteiger partial charge on any atom is -0.294 e. The molecule has 0 aliphatic rings. The van der Waals surface area contributed by atoms with Gasteiger partial charge in [0, 0.05) is 10.9 Å². The second-order valence-corrected chi connectivity index (χ2v) is 3.30. The molecule has 1 aromatic rings. The van der Waals surface area contributed by atoms with Crippen LogP contribution in [0, 0.1) is 23.2 Å². The lowest BCUT2D eigenvalue weighted by atomic mass is 10.2. The molecule has 0 unspecified atom stereocenters. The van der Waals surface area contributed by atoms with Crippen molar-refractivity contribution < 1.29 is 4.79 Å². The second kappa shape index (κ2) is 4.45. The number of rotatable bonds is 1. The fraction of sp³-hybridized carbons (Fsp3) is 0.200. The Morgan fingerprint density at radius 1 is 1.69 bits per heavy atom. The maximum Gasteiger partial charge on any atom is 0.169 e. The summed E-state index contributed by atoms with van der Waals surface area (Å²) in [6, 6.07) is 3.68. The summed E-state index contributed by atoms with van der Waals surface area (Å²) in [6.45, 7) is 1.53. The molecule has 0 aromatic carbocycles. The Kier molecular flexibility index (Phi) is 3.25. The molecule has 64 valence electrons. The van der Waals surface area contributed by atoms with Crippen LogP contribution in [0.1, 0.15) is 28.6 Å². The molecule has 0 atom stereocenters. The number of carbonyl (C=O) groups is 1. The largest absolute Gasteiger partial charge is 0.294 e. The smallest absolute Gasteiger partial charge is 0.169 e. The van der Waals surface area contributed by atoms with Gasteiger partial charge in [-0.2, -0.15) is 5.26 Å². The molecule has 0 aliphatic carbocycles. The van der Waals surface area contributed by atoms with Crippen LogP contribution in [-0.4, -0.2) is 5.78 Å². The Morgan fingerprint density at radius 3 is 3.00 bits per heavy atom. The fourth-order valence-electron chi connectivity index (χ4n) is 0.772. The standard InChI is InChI=1S/C10H7NOS/c1-8(12)10-6-9(7-13-10)4-2-3-5-11/h6-7H,3H2,1H3. The number of thiophene rings is 1. The average molecular weight is 189 g/mol. The van der Waals surface area contributed by atoms with Crippen molar-refractivity contribution in [1.82, 2.24) is 0 Å². The zero-order valence-corrected chi connectivity index (χ0v) is 7.94. The number of carbonyl (C=O) groups excluding carboxylic acids is 1. The van der Waals surface area contributed by atoms with E-state index in [1.165, 1.54) is 18.3 Å². The fourth-order valence-corrected chi connectivity index (χ4v) is 1.51. The first-order chi connectivity index (χ1) is 6.24. The third kappa shape index (κ3) is 2.74. The molecule has 0 radical (unpaired) electrons. The minimum atomic E-state index is 0.0540. The predicted molar refractivity (Wildman–Crippen MR) is 51.4 cm³/mol. The Balaban J connectivity index is 2.78. The van der Waals surface area contributed by atoms with Crippen molar-refractivity contribution in [2.75, 3.05) is 0 Å². The Hall–Kier alpha value is -1.58. The lowest BCUT2D eigenvalue weighted by Crippen LogP contribution is -1.84. The molecule has 0 saturated heterocycles. The lowest BCUT2D eigenvalue weighted by Gasteiger charge is -1.81. The van der Waals surface area contributed by atoms with Gasteiger partial charge in [-0.1, -0.05) is 11.8 Å². The first-order valence-corrected chi connectivity index (χ1v) is 4.57. The zero-order valence-electron chi connectivity index (χ0n) is 7.13. The summed E-state index contributed by atoms with van der Waals surface area (Å²) < 4.78 is 0. The summed E-state index contributed by atoms with van der Waals surface area (Å²) >= 11 is 1.38. The number of ketones is 1. The highest BCUT2D eigenvalue weighted by molar-refractivity contribution is 7.12. The molecule has 0 saturated carbocycles. The van der Waals surface area contributed by atoms with E-state index in [0.717, 1.165) is 5.56 Å². The van der Waals surface area contributed by atoms with Gasteiger partial charge in [-0.25, -0.2) is 0 Å². The number of nitrogens with zero attached hydrogens (tertiary/aromatic N) is 1. The minimum absolute atomic E-state index is 0.0540. The van der Waals surface area contributed by atoms with Crippen molar-refractivity contribution >= 4 is 17.1 Å². The van der Waals surface area contributed by atoms with Gasteiger partial charge in [0.1, 0.15) is 0 Å². The van der Waals surface area contributed by atoms with Gasteiger partial charge in [0.25, 0.3) is 0 Å². The van der Waals surface area contributed by atoms with Crippen LogP contribution in [0.25, 0.3) is 0 Å². The quantitative estimate of drug-likeness (QED) is 0.502. The number of Topliss-reactive ketones (excluding diaryl/α,β-unsaturated/α-hetero) is 1. The van der Waals surface area contributed by atoms with Crippen LogP contribution in [0.2, 0.25) is 0 Å². The molecular formula is C10H7NOS. The molecule has 0 spiro atoms. The van der Waals surface area contributed by atoms with Gasteiger partial charge < -0.3 is 0 Å². The highest BCUT2D eigenvalue weighted by Gasteiger charge is 2.01. The van der Waals surface area contributed by atoms with Gasteiger partial charge in [-0.3, -0.25) is 4.79 Å². The molecule has 3 heteroatoms. The van der Waals surface area contributed by atoms with E-state index in [1.54, 1.807) is 6.07 Å². The van der Waals surface area contributed by atoms with E-state index in [9.17, 15) is 4.79 Å². The van der Waals surface area contributed by atoms with E-state index < -0.39 is 0 Å². The van der Waals surface area contributed by atoms with Crippen LogP contribution in [0.3, 0.4) is 0 Å². The van der Waals surface area contributed by atoms with Crippen molar-refractivity contribution in [2.24, 2.45) is 0 Å². The van der Waals surface area contributed by atoms with E-state index in [4.69, 9.17) is 5.26 Å². The molecule has 0 aliphatic heterocycles. The normalized spacial score (nSPS) is 8.31. The SMILES string of the molecule is CC(=O)c1cc(C#CCC#N)cs1. The molecule has 1 rings (SSSR count). The second-order valence-electron chi connectivity index (χ2n) is 2.39. The molecule has 0 N–H and O–H groups in total. The monoisotopic (exact) mass is 189 g/mol. The zero-order chi connectivity index (χ0) is 9.68. The van der Waals surface area contributed by atoms with Crippen molar-refractivity contribution in [2.45, 2.75) is 13.3 Å². The Morgan fingerprint density at radius 2 is 2.46 bits per heavy atom. The predicted octanol–water partition coefficient (Wildman–Crippen LogP) is 2.22. The van der Waals surface area contributed by atoms with Crippen LogP contribution >= 0.6 is 11.3 Å². The van der Waals surface area contributed by atoms with Crippen LogP contribution in [0.5, 0.6) is 0 Å². The van der Waals surface area contributed by atoms with Gasteiger partial charge >= 0.3 is 0 Å². The molecule has 0 bridgehead atoms. The molecule has 1 aromatic heterocycles. The number of hydrogen-bond donors (Lipinski definition) is 0. The maximum atomic E-state index is 10.9. The molecule has 0 amide bonds. The highest BCUT2D eigenvalue weighted by Crippen LogP contribution is 2.13. The van der Waals surface area contributed by atoms with Gasteiger partial charge in [0.2, 0.25) is 0 Å². The molecule has 2 nitrogen and oxygen atoms in total. The van der Waals surface area contributed by atoms with Crippen LogP contribution in [0.15, 0.2) is 11.4 Å². The van der Waals surface area contributed by atoms with Crippen molar-refractivity contribution in [3.05, 3.63) is 21.9 Å². The lowest BCUT2D eigenvalue weighted by molar-refractivity contribution is 0.102. The Bertz CT molecular complexity index is 414. The number of hydrogen-bond acceptors (Lipinski definition) is 3. The van der Waals surface area contributed by atoms with E-state index in [0.29, 0.717) is 4.88 Å². The molecule has 13 heavy (non-hydrogen) atoms. The molecule has 1 heterocycles. The van der Waals surface area contributed by atoms with Crippen molar-refractivity contribution in [1.29, 1.82) is 5.26 Å². The van der Waals surface area contributed by atoms with Gasteiger partial charge in [-0.15, -0.1) is 11.3 Å². The van der Waals surface area contributed by atoms with Gasteiger partial charge in [-0.05, 0) is 13.0 Å². The van der Waals surface area contributed by atoms with Crippen LogP contribution in [-0.2, 0) is 0 Å². The summed E-state index contributed by atoms with van der Waals surface area (Å²) in [6.07, 6.45) is 0.227. The topological polar surface area (TPSA) is 40.9 Å². The molecular weight excluding hydrogens is 182 g/mol. The summed E-state index contributed by atoms with van der Waals surface area (Å²) in [4.78, 5) is 11.6. The summed E-state index contributed by atoms with van der Waals surface area (Å²) in [7, 11) is 0. The van der Waals surface area contributed by atoms with E-state index in [2.05, 4.69) is 11.8 Å². The third-order valence-electron chi connectivity index (χ3n) is 1.35. The van der Waals surface area contributed by atoms with E-state index in [-0.39, 0.29) is 12.2 Å². The van der Waals surface area contributed by atoms with Crippen molar-refractivity contribution in [3.63, 3.8) is 0 Å². The summed E-state index contributed by atoms with van der Waals surface area (Å²) in [5, 5.41) is 10.1. The van der Waals surface area contributed by atoms with Crippen molar-refractivity contribution in [3.8, 4) is 17.9 Å². The highest BCUT2D eigenvalue weighted by atomic mass is 32.1. The van der Waals surface area contributed by atoms with Crippen LogP contribution < -0.4 is 0 Å². The third-order valence-corrected chi connectivity index (χ3v) is 2.38. The van der Waals surface area contributed by atoms with Gasteiger partial charge in [0.15, 0.2) is 5.78 Å². The molecule has 0 fully saturated rings. The van der Waals surface area contributed by atoms with E-state index in [1.807, 2.05) is 11.4 Å². The first kappa shape index (κ1) is 9.51. The van der Waals surface area contributed by atoms with Gasteiger partial charge in [0.05, 0.1) is 17.4 Å². The maximum absolute atomic E-state index is 10.9.